The molecule has 0 bridgehead atoms. The van der Waals surface area contributed by atoms with E-state index >= 15 is 0 Å². The summed E-state index contributed by atoms with van der Waals surface area (Å²) in [4.78, 5) is 11.3. The fourth-order valence-electron chi connectivity index (χ4n) is 1.11. The highest BCUT2D eigenvalue weighted by Crippen LogP contribution is 2.16. The second kappa shape index (κ2) is 7.19. The van der Waals surface area contributed by atoms with Crippen molar-refractivity contribution in [1.82, 2.24) is 5.32 Å². The van der Waals surface area contributed by atoms with Crippen molar-refractivity contribution in [2.45, 2.75) is 0 Å². The van der Waals surface area contributed by atoms with Crippen molar-refractivity contribution in [3.05, 3.63) is 40.4 Å². The summed E-state index contributed by atoms with van der Waals surface area (Å²) in [6.07, 6.45) is 3.28. The number of methoxy groups -OCH3 is 1. The van der Waals surface area contributed by atoms with Crippen LogP contribution in [0.3, 0.4) is 0 Å². The molecule has 0 aliphatic carbocycles. The average Bonchev–Trinajstić information content (AvgIpc) is 2.28. The Balaban J connectivity index is 2.47. The lowest BCUT2D eigenvalue weighted by Gasteiger charge is -2.00. The monoisotopic (exact) mass is 283 g/mol. The molecule has 0 heterocycles. The molecule has 0 radical (unpaired) electrons. The standard InChI is InChI=1S/C12H14BrNO2/c1-16-9-8-14-12(15)7-6-10-4-2-3-5-11(10)13/h2-7H,8-9H2,1H3,(H,14,15)/b7-6+. The number of hydrogen-bond donors (Lipinski definition) is 1. The zero-order valence-electron chi connectivity index (χ0n) is 9.07. The summed E-state index contributed by atoms with van der Waals surface area (Å²) >= 11 is 3.41. The molecule has 0 aliphatic rings. The Morgan fingerprint density at radius 3 is 2.94 bits per heavy atom. The molecule has 0 fully saturated rings. The lowest BCUT2D eigenvalue weighted by molar-refractivity contribution is -0.116. The lowest BCUT2D eigenvalue weighted by Crippen LogP contribution is -2.24. The SMILES string of the molecule is COCCNC(=O)/C=C/c1ccccc1Br. The molecular formula is C12H14BrNO2. The van der Waals surface area contributed by atoms with E-state index in [4.69, 9.17) is 4.74 Å². The molecule has 0 atom stereocenters. The molecule has 1 amide bonds. The normalized spacial score (nSPS) is 10.6. The van der Waals surface area contributed by atoms with E-state index in [-0.39, 0.29) is 5.91 Å². The number of hydrogen-bond acceptors (Lipinski definition) is 2. The summed E-state index contributed by atoms with van der Waals surface area (Å²) in [5.41, 5.74) is 0.976. The van der Waals surface area contributed by atoms with E-state index in [1.165, 1.54) is 6.08 Å². The summed E-state index contributed by atoms with van der Waals surface area (Å²) in [7, 11) is 1.60. The van der Waals surface area contributed by atoms with Crippen LogP contribution in [0.1, 0.15) is 5.56 Å². The third-order valence-electron chi connectivity index (χ3n) is 1.92. The number of amides is 1. The minimum atomic E-state index is -0.118. The lowest BCUT2D eigenvalue weighted by atomic mass is 10.2. The number of nitrogens with one attached hydrogen (secondary N) is 1. The van der Waals surface area contributed by atoms with Gasteiger partial charge < -0.3 is 10.1 Å². The highest BCUT2D eigenvalue weighted by atomic mass is 79.9. The highest BCUT2D eigenvalue weighted by molar-refractivity contribution is 9.10. The van der Waals surface area contributed by atoms with Crippen molar-refractivity contribution in [2.75, 3.05) is 20.3 Å². The Bertz CT molecular complexity index is 377. The Hall–Kier alpha value is -1.13. The van der Waals surface area contributed by atoms with Crippen molar-refractivity contribution < 1.29 is 9.53 Å². The second-order valence-electron chi connectivity index (χ2n) is 3.14. The smallest absolute Gasteiger partial charge is 0.244 e. The Morgan fingerprint density at radius 2 is 2.25 bits per heavy atom. The Morgan fingerprint density at radius 1 is 1.50 bits per heavy atom. The molecule has 0 saturated carbocycles. The van der Waals surface area contributed by atoms with Gasteiger partial charge in [0.1, 0.15) is 0 Å². The fraction of sp³-hybridized carbons (Fsp3) is 0.250. The van der Waals surface area contributed by atoms with Crippen LogP contribution in [-0.2, 0) is 9.53 Å². The average molecular weight is 284 g/mol. The quantitative estimate of drug-likeness (QED) is 0.665. The van der Waals surface area contributed by atoms with Crippen LogP contribution in [-0.4, -0.2) is 26.2 Å². The van der Waals surface area contributed by atoms with Crippen LogP contribution in [0.25, 0.3) is 6.08 Å². The number of carbonyl (C=O) groups is 1. The van der Waals surface area contributed by atoms with Crippen LogP contribution in [0.2, 0.25) is 0 Å². The summed E-state index contributed by atoms with van der Waals surface area (Å²) < 4.78 is 5.80. The fourth-order valence-corrected chi connectivity index (χ4v) is 1.53. The van der Waals surface area contributed by atoms with Gasteiger partial charge in [-0.3, -0.25) is 4.79 Å². The molecule has 1 N–H and O–H groups in total. The maximum atomic E-state index is 11.3. The maximum absolute atomic E-state index is 11.3. The minimum absolute atomic E-state index is 0.118. The highest BCUT2D eigenvalue weighted by Gasteiger charge is 1.96. The molecule has 0 aliphatic heterocycles. The number of carbonyl (C=O) groups excluding carboxylic acids is 1. The van der Waals surface area contributed by atoms with E-state index in [0.29, 0.717) is 13.2 Å². The van der Waals surface area contributed by atoms with Crippen LogP contribution in [0.5, 0.6) is 0 Å². The van der Waals surface area contributed by atoms with Gasteiger partial charge in [-0.2, -0.15) is 0 Å². The molecule has 1 aromatic rings. The maximum Gasteiger partial charge on any atom is 0.244 e. The van der Waals surface area contributed by atoms with E-state index < -0.39 is 0 Å². The Kier molecular flexibility index (Phi) is 5.82. The largest absolute Gasteiger partial charge is 0.383 e. The zero-order chi connectivity index (χ0) is 11.8. The van der Waals surface area contributed by atoms with E-state index in [0.717, 1.165) is 10.0 Å². The molecule has 0 unspecified atom stereocenters. The van der Waals surface area contributed by atoms with Crippen molar-refractivity contribution in [3.8, 4) is 0 Å². The molecule has 0 spiro atoms. The third kappa shape index (κ3) is 4.59. The van der Waals surface area contributed by atoms with Crippen LogP contribution in [0.4, 0.5) is 0 Å². The summed E-state index contributed by atoms with van der Waals surface area (Å²) in [5.74, 6) is -0.118. The van der Waals surface area contributed by atoms with Gasteiger partial charge in [0, 0.05) is 24.2 Å². The van der Waals surface area contributed by atoms with E-state index in [1.54, 1.807) is 13.2 Å². The van der Waals surface area contributed by atoms with Crippen LogP contribution >= 0.6 is 15.9 Å². The van der Waals surface area contributed by atoms with Gasteiger partial charge in [-0.25, -0.2) is 0 Å². The van der Waals surface area contributed by atoms with Crippen LogP contribution in [0.15, 0.2) is 34.8 Å². The van der Waals surface area contributed by atoms with Gasteiger partial charge in [0.2, 0.25) is 5.91 Å². The third-order valence-corrected chi connectivity index (χ3v) is 2.65. The summed E-state index contributed by atoms with van der Waals surface area (Å²) in [6.45, 7) is 1.05. The number of rotatable bonds is 5. The van der Waals surface area contributed by atoms with Crippen molar-refractivity contribution in [3.63, 3.8) is 0 Å². The summed E-state index contributed by atoms with van der Waals surface area (Å²) in [6, 6.07) is 7.72. The van der Waals surface area contributed by atoms with Crippen molar-refractivity contribution in [2.24, 2.45) is 0 Å². The molecule has 86 valence electrons. The number of benzene rings is 1. The number of ether oxygens (including phenoxy) is 1. The zero-order valence-corrected chi connectivity index (χ0v) is 10.7. The first-order valence-corrected chi connectivity index (χ1v) is 5.72. The first-order chi connectivity index (χ1) is 7.74. The predicted molar refractivity (Wildman–Crippen MR) is 68.1 cm³/mol. The van der Waals surface area contributed by atoms with E-state index in [2.05, 4.69) is 21.2 Å². The first-order valence-electron chi connectivity index (χ1n) is 4.93. The van der Waals surface area contributed by atoms with Gasteiger partial charge >= 0.3 is 0 Å². The van der Waals surface area contributed by atoms with Gasteiger partial charge in [0.25, 0.3) is 0 Å². The molecule has 4 heteroatoms. The van der Waals surface area contributed by atoms with E-state index in [9.17, 15) is 4.79 Å². The molecule has 16 heavy (non-hydrogen) atoms. The predicted octanol–water partition coefficient (Wildman–Crippen LogP) is 2.22. The molecule has 0 aromatic heterocycles. The van der Waals surface area contributed by atoms with Crippen LogP contribution < -0.4 is 5.32 Å². The molecule has 1 aromatic carbocycles. The molecular weight excluding hydrogens is 270 g/mol. The van der Waals surface area contributed by atoms with Crippen LogP contribution in [0, 0.1) is 0 Å². The van der Waals surface area contributed by atoms with Gasteiger partial charge in [-0.1, -0.05) is 34.1 Å². The second-order valence-corrected chi connectivity index (χ2v) is 3.99. The van der Waals surface area contributed by atoms with Gasteiger partial charge in [0.15, 0.2) is 0 Å². The first kappa shape index (κ1) is 12.9. The van der Waals surface area contributed by atoms with Gasteiger partial charge in [0.05, 0.1) is 6.61 Å². The van der Waals surface area contributed by atoms with Gasteiger partial charge in [-0.05, 0) is 17.7 Å². The molecule has 3 nitrogen and oxygen atoms in total. The Labute approximate surface area is 104 Å². The minimum Gasteiger partial charge on any atom is -0.383 e. The van der Waals surface area contributed by atoms with E-state index in [1.807, 2.05) is 24.3 Å². The van der Waals surface area contributed by atoms with Gasteiger partial charge in [-0.15, -0.1) is 0 Å². The van der Waals surface area contributed by atoms with Crippen molar-refractivity contribution in [1.29, 1.82) is 0 Å². The molecule has 1 rings (SSSR count). The topological polar surface area (TPSA) is 38.3 Å². The number of halogens is 1. The van der Waals surface area contributed by atoms with Crippen molar-refractivity contribution >= 4 is 27.9 Å². The molecule has 0 saturated heterocycles. The summed E-state index contributed by atoms with van der Waals surface area (Å²) in [5, 5.41) is 2.71.